The Bertz CT molecular complexity index is 1450. The quantitative estimate of drug-likeness (QED) is 0.221. The maximum Gasteiger partial charge on any atom is 0.418 e. The number of alkyl halides is 3. The highest BCUT2D eigenvalue weighted by atomic mass is 35.5. The van der Waals surface area contributed by atoms with Crippen LogP contribution in [0.1, 0.15) is 37.7 Å². The summed E-state index contributed by atoms with van der Waals surface area (Å²) in [5, 5.41) is 4.08. The van der Waals surface area contributed by atoms with E-state index in [4.69, 9.17) is 16.3 Å². The van der Waals surface area contributed by atoms with E-state index in [1.165, 1.54) is 31.7 Å². The van der Waals surface area contributed by atoms with E-state index in [0.717, 1.165) is 36.6 Å². The summed E-state index contributed by atoms with van der Waals surface area (Å²) < 4.78 is 51.1. The summed E-state index contributed by atoms with van der Waals surface area (Å²) in [6.07, 6.45) is 2.09. The molecule has 0 saturated heterocycles. The minimum Gasteiger partial charge on any atom is -0.480 e. The molecule has 11 heteroatoms. The number of ether oxygens (including phenoxy) is 1. The molecule has 1 saturated carbocycles. The van der Waals surface area contributed by atoms with Gasteiger partial charge in [-0.15, -0.1) is 0 Å². The van der Waals surface area contributed by atoms with Gasteiger partial charge in [-0.1, -0.05) is 43.0 Å². The maximum absolute atomic E-state index is 14.2. The van der Waals surface area contributed by atoms with Crippen molar-refractivity contribution in [1.29, 1.82) is 0 Å². The van der Waals surface area contributed by atoms with Crippen LogP contribution >= 0.6 is 23.5 Å². The van der Waals surface area contributed by atoms with E-state index in [0.29, 0.717) is 22.0 Å². The fourth-order valence-corrected chi connectivity index (χ4v) is 5.42. The summed E-state index contributed by atoms with van der Waals surface area (Å²) in [4.78, 5) is 13.8. The second kappa shape index (κ2) is 11.2. The number of nitrogens with zero attached hydrogens (tertiary/aromatic N) is 3. The molecule has 0 radical (unpaired) electrons. The van der Waals surface area contributed by atoms with Gasteiger partial charge in [0, 0.05) is 28.1 Å². The third-order valence-corrected chi connectivity index (χ3v) is 7.72. The molecule has 4 aromatic rings. The molecule has 2 aromatic heterocycles. The van der Waals surface area contributed by atoms with E-state index in [9.17, 15) is 13.2 Å². The van der Waals surface area contributed by atoms with Crippen LogP contribution in [0.2, 0.25) is 5.02 Å². The van der Waals surface area contributed by atoms with Crippen molar-refractivity contribution in [2.75, 3.05) is 17.1 Å². The molecule has 2 N–H and O–H groups in total. The Morgan fingerprint density at radius 1 is 1.03 bits per heavy atom. The van der Waals surface area contributed by atoms with E-state index in [1.54, 1.807) is 24.3 Å². The molecule has 2 aromatic carbocycles. The summed E-state index contributed by atoms with van der Waals surface area (Å²) in [7, 11) is 1.43. The fourth-order valence-electron chi connectivity index (χ4n) is 4.52. The van der Waals surface area contributed by atoms with Gasteiger partial charge in [-0.05, 0) is 66.8 Å². The highest BCUT2D eigenvalue weighted by Gasteiger charge is 2.34. The molecule has 38 heavy (non-hydrogen) atoms. The van der Waals surface area contributed by atoms with E-state index >= 15 is 0 Å². The first-order chi connectivity index (χ1) is 18.3. The molecule has 0 unspecified atom stereocenters. The van der Waals surface area contributed by atoms with Crippen LogP contribution in [0.3, 0.4) is 0 Å². The number of aromatic nitrogens is 3. The zero-order valence-corrected chi connectivity index (χ0v) is 22.1. The highest BCUT2D eigenvalue weighted by Crippen LogP contribution is 2.40. The van der Waals surface area contributed by atoms with Crippen LogP contribution in [0.25, 0.3) is 22.0 Å². The van der Waals surface area contributed by atoms with Gasteiger partial charge in [-0.2, -0.15) is 18.2 Å². The maximum atomic E-state index is 14.2. The van der Waals surface area contributed by atoms with Gasteiger partial charge in [0.1, 0.15) is 5.82 Å². The molecule has 0 amide bonds. The number of nitrogens with one attached hydrogen (secondary N) is 2. The Kier molecular flexibility index (Phi) is 7.80. The molecular formula is C27H25ClF3N5OS. The standard InChI is InChI=1S/C27H25ClF3N5OS/c1-37-25-19(11-12-23(34-25)36-38-22-10-6-5-9-21(22)28)16-13-17-15-32-26(33-18-7-3-2-4-8-18)35-24(17)20(14-16)27(29,30)31/h5-6,9-15,18H,2-4,7-8H2,1H3,(H,34,36)(H,32,33,35). The minimum absolute atomic E-state index is 0.143. The number of anilines is 2. The van der Waals surface area contributed by atoms with Gasteiger partial charge in [0.05, 0.1) is 23.2 Å². The fraction of sp³-hybridized carbons (Fsp3) is 0.296. The number of pyridine rings is 1. The lowest BCUT2D eigenvalue weighted by molar-refractivity contribution is -0.136. The van der Waals surface area contributed by atoms with Crippen molar-refractivity contribution >= 4 is 46.2 Å². The molecule has 6 nitrogen and oxygen atoms in total. The lowest BCUT2D eigenvalue weighted by atomic mass is 9.96. The van der Waals surface area contributed by atoms with Crippen LogP contribution in [0.4, 0.5) is 24.9 Å². The average molecular weight is 560 g/mol. The van der Waals surface area contributed by atoms with Gasteiger partial charge in [0.25, 0.3) is 0 Å². The van der Waals surface area contributed by atoms with Gasteiger partial charge in [0.15, 0.2) is 0 Å². The Hall–Kier alpha value is -3.24. The van der Waals surface area contributed by atoms with Crippen molar-refractivity contribution in [1.82, 2.24) is 15.0 Å². The minimum atomic E-state index is -4.61. The third kappa shape index (κ3) is 5.91. The molecule has 2 heterocycles. The van der Waals surface area contributed by atoms with Crippen molar-refractivity contribution in [3.63, 3.8) is 0 Å². The van der Waals surface area contributed by atoms with Gasteiger partial charge < -0.3 is 14.8 Å². The predicted molar refractivity (Wildman–Crippen MR) is 146 cm³/mol. The summed E-state index contributed by atoms with van der Waals surface area (Å²) in [6.45, 7) is 0. The van der Waals surface area contributed by atoms with Crippen LogP contribution in [0, 0.1) is 0 Å². The lowest BCUT2D eigenvalue weighted by Gasteiger charge is -2.23. The summed E-state index contributed by atoms with van der Waals surface area (Å²) in [5.41, 5.74) is -0.262. The average Bonchev–Trinajstić information content (AvgIpc) is 2.92. The van der Waals surface area contributed by atoms with Gasteiger partial charge >= 0.3 is 6.18 Å². The largest absolute Gasteiger partial charge is 0.480 e. The molecule has 0 atom stereocenters. The molecule has 0 aliphatic heterocycles. The van der Waals surface area contributed by atoms with Crippen LogP contribution in [-0.4, -0.2) is 28.1 Å². The summed E-state index contributed by atoms with van der Waals surface area (Å²) in [6, 6.07) is 13.6. The number of methoxy groups -OCH3 is 1. The van der Waals surface area contributed by atoms with E-state index in [-0.39, 0.29) is 28.8 Å². The van der Waals surface area contributed by atoms with Gasteiger partial charge in [0.2, 0.25) is 11.8 Å². The van der Waals surface area contributed by atoms with Crippen molar-refractivity contribution in [2.45, 2.75) is 49.2 Å². The smallest absolute Gasteiger partial charge is 0.418 e. The van der Waals surface area contributed by atoms with E-state index < -0.39 is 11.7 Å². The van der Waals surface area contributed by atoms with Crippen LogP contribution < -0.4 is 14.8 Å². The zero-order valence-electron chi connectivity index (χ0n) is 20.5. The van der Waals surface area contributed by atoms with Gasteiger partial charge in [-0.3, -0.25) is 0 Å². The third-order valence-electron chi connectivity index (χ3n) is 6.39. The molecule has 0 bridgehead atoms. The molecule has 0 spiro atoms. The molecule has 5 rings (SSSR count). The lowest BCUT2D eigenvalue weighted by Crippen LogP contribution is -2.23. The van der Waals surface area contributed by atoms with Crippen LogP contribution in [-0.2, 0) is 6.18 Å². The van der Waals surface area contributed by atoms with Crippen LogP contribution in [0.5, 0.6) is 5.88 Å². The SMILES string of the molecule is COc1nc(NSc2ccccc2Cl)ccc1-c1cc(C(F)(F)F)c2nc(NC3CCCCC3)ncc2c1. The van der Waals surface area contributed by atoms with Crippen molar-refractivity contribution in [3.05, 3.63) is 65.3 Å². The Morgan fingerprint density at radius 3 is 2.55 bits per heavy atom. The van der Waals surface area contributed by atoms with Crippen molar-refractivity contribution in [3.8, 4) is 17.0 Å². The predicted octanol–water partition coefficient (Wildman–Crippen LogP) is 8.24. The first kappa shape index (κ1) is 26.4. The molecule has 198 valence electrons. The molecule has 1 aliphatic rings. The highest BCUT2D eigenvalue weighted by molar-refractivity contribution is 8.00. The number of rotatable bonds is 7. The number of hydrogen-bond donors (Lipinski definition) is 2. The van der Waals surface area contributed by atoms with Crippen molar-refractivity contribution < 1.29 is 17.9 Å². The summed E-state index contributed by atoms with van der Waals surface area (Å²) >= 11 is 7.47. The Labute approximate surface area is 227 Å². The summed E-state index contributed by atoms with van der Waals surface area (Å²) in [5.74, 6) is 0.862. The molecule has 1 fully saturated rings. The normalized spacial score (nSPS) is 14.4. The Morgan fingerprint density at radius 2 is 1.82 bits per heavy atom. The number of halogens is 4. The topological polar surface area (TPSA) is 72.0 Å². The first-order valence-corrected chi connectivity index (χ1v) is 13.4. The second-order valence-electron chi connectivity index (χ2n) is 9.02. The monoisotopic (exact) mass is 559 g/mol. The van der Waals surface area contributed by atoms with E-state index in [2.05, 4.69) is 25.0 Å². The van der Waals surface area contributed by atoms with Gasteiger partial charge in [-0.25, -0.2) is 9.97 Å². The molecular weight excluding hydrogens is 535 g/mol. The number of hydrogen-bond acceptors (Lipinski definition) is 7. The van der Waals surface area contributed by atoms with Crippen LogP contribution in [0.15, 0.2) is 59.6 Å². The van der Waals surface area contributed by atoms with Crippen molar-refractivity contribution in [2.24, 2.45) is 0 Å². The second-order valence-corrected chi connectivity index (χ2v) is 10.3. The Balaban J connectivity index is 1.47. The number of fused-ring (bicyclic) bond motifs is 1. The molecule has 1 aliphatic carbocycles. The number of benzene rings is 2. The van der Waals surface area contributed by atoms with E-state index in [1.807, 2.05) is 18.2 Å². The first-order valence-electron chi connectivity index (χ1n) is 12.2. The zero-order chi connectivity index (χ0) is 26.7.